The number of aromatic nitrogens is 1. The Hall–Kier alpha value is -2.30. The van der Waals surface area contributed by atoms with Crippen molar-refractivity contribution in [2.24, 2.45) is 5.92 Å². The lowest BCUT2D eigenvalue weighted by molar-refractivity contribution is -0.141. The molecule has 1 fully saturated rings. The molecule has 0 spiro atoms. The maximum atomic E-state index is 12.1. The van der Waals surface area contributed by atoms with Gasteiger partial charge in [0.15, 0.2) is 0 Å². The molecule has 1 atom stereocenters. The Balaban J connectivity index is 1.60. The van der Waals surface area contributed by atoms with Crippen molar-refractivity contribution in [2.45, 2.75) is 51.0 Å². The Labute approximate surface area is 141 Å². The van der Waals surface area contributed by atoms with Crippen LogP contribution in [0, 0.1) is 5.92 Å². The first-order chi connectivity index (χ1) is 11.6. The maximum absolute atomic E-state index is 12.1. The fraction of sp³-hybridized carbons (Fsp3) is 0.474. The predicted molar refractivity (Wildman–Crippen MR) is 92.8 cm³/mol. The molecule has 1 amide bonds. The number of rotatable bonds is 7. The van der Waals surface area contributed by atoms with Crippen LogP contribution in [-0.2, 0) is 16.0 Å². The molecule has 0 radical (unpaired) electrons. The average Bonchev–Trinajstić information content (AvgIpc) is 3.22. The van der Waals surface area contributed by atoms with Crippen molar-refractivity contribution in [3.05, 3.63) is 36.0 Å². The third-order valence-electron chi connectivity index (χ3n) is 4.99. The second kappa shape index (κ2) is 7.51. The largest absolute Gasteiger partial charge is 0.480 e. The van der Waals surface area contributed by atoms with Gasteiger partial charge in [-0.15, -0.1) is 0 Å². The van der Waals surface area contributed by atoms with Crippen LogP contribution in [0.15, 0.2) is 30.5 Å². The molecule has 1 heterocycles. The molecule has 1 aliphatic rings. The number of hydrogen-bond acceptors (Lipinski definition) is 2. The van der Waals surface area contributed by atoms with Crippen molar-refractivity contribution in [1.82, 2.24) is 10.3 Å². The van der Waals surface area contributed by atoms with Gasteiger partial charge in [0, 0.05) is 29.9 Å². The van der Waals surface area contributed by atoms with E-state index in [1.807, 2.05) is 30.5 Å². The number of hydrogen-bond donors (Lipinski definition) is 3. The smallest absolute Gasteiger partial charge is 0.326 e. The number of aromatic amines is 1. The number of aliphatic carboxylic acids is 1. The van der Waals surface area contributed by atoms with Gasteiger partial charge in [-0.25, -0.2) is 4.79 Å². The van der Waals surface area contributed by atoms with E-state index in [0.29, 0.717) is 12.3 Å². The second-order valence-corrected chi connectivity index (χ2v) is 6.71. The van der Waals surface area contributed by atoms with Crippen molar-refractivity contribution in [1.29, 1.82) is 0 Å². The van der Waals surface area contributed by atoms with Gasteiger partial charge in [0.2, 0.25) is 5.91 Å². The molecule has 0 saturated heterocycles. The summed E-state index contributed by atoms with van der Waals surface area (Å²) in [5.74, 6) is -0.517. The van der Waals surface area contributed by atoms with Crippen LogP contribution in [0.5, 0.6) is 0 Å². The molecule has 5 heteroatoms. The fourth-order valence-corrected chi connectivity index (χ4v) is 3.62. The van der Waals surface area contributed by atoms with Crippen LogP contribution in [0.25, 0.3) is 10.9 Å². The molecule has 2 aromatic rings. The standard InChI is InChI=1S/C19H24N2O3/c22-18(10-9-13-5-1-2-6-13)21-17(19(23)24)11-14-12-20-16-8-4-3-7-15(14)16/h3-4,7-8,12-13,17,20H,1-2,5-6,9-11H2,(H,21,22)(H,23,24). The number of amides is 1. The number of H-pyrrole nitrogens is 1. The lowest BCUT2D eigenvalue weighted by atomic mass is 10.0. The molecule has 128 valence electrons. The van der Waals surface area contributed by atoms with Gasteiger partial charge in [0.05, 0.1) is 0 Å². The zero-order valence-corrected chi connectivity index (χ0v) is 13.8. The summed E-state index contributed by atoms with van der Waals surface area (Å²) in [6.45, 7) is 0. The Morgan fingerprint density at radius 1 is 1.25 bits per heavy atom. The highest BCUT2D eigenvalue weighted by Crippen LogP contribution is 2.28. The number of fused-ring (bicyclic) bond motifs is 1. The third kappa shape index (κ3) is 3.96. The number of para-hydroxylation sites is 1. The highest BCUT2D eigenvalue weighted by atomic mass is 16.4. The minimum atomic E-state index is -0.991. The molecule has 0 aliphatic heterocycles. The summed E-state index contributed by atoms with van der Waals surface area (Å²) in [5.41, 5.74) is 1.89. The minimum Gasteiger partial charge on any atom is -0.480 e. The molecule has 1 aromatic heterocycles. The van der Waals surface area contributed by atoms with Gasteiger partial charge in [-0.2, -0.15) is 0 Å². The lowest BCUT2D eigenvalue weighted by Crippen LogP contribution is -2.42. The topological polar surface area (TPSA) is 82.2 Å². The molecule has 0 bridgehead atoms. The van der Waals surface area contributed by atoms with Gasteiger partial charge in [-0.1, -0.05) is 43.9 Å². The third-order valence-corrected chi connectivity index (χ3v) is 4.99. The van der Waals surface area contributed by atoms with Crippen molar-refractivity contribution in [3.63, 3.8) is 0 Å². The van der Waals surface area contributed by atoms with Crippen molar-refractivity contribution >= 4 is 22.8 Å². The number of carboxylic acids is 1. The molecular weight excluding hydrogens is 304 g/mol. The van der Waals surface area contributed by atoms with E-state index in [9.17, 15) is 14.7 Å². The van der Waals surface area contributed by atoms with Gasteiger partial charge in [-0.3, -0.25) is 4.79 Å². The quantitative estimate of drug-likeness (QED) is 0.729. The Morgan fingerprint density at radius 3 is 2.75 bits per heavy atom. The van der Waals surface area contributed by atoms with Crippen molar-refractivity contribution in [2.75, 3.05) is 0 Å². The molecule has 1 unspecified atom stereocenters. The van der Waals surface area contributed by atoms with Crippen LogP contribution in [0.3, 0.4) is 0 Å². The molecule has 3 N–H and O–H groups in total. The second-order valence-electron chi connectivity index (χ2n) is 6.71. The van der Waals surface area contributed by atoms with Gasteiger partial charge < -0.3 is 15.4 Å². The molecule has 1 aromatic carbocycles. The van der Waals surface area contributed by atoms with E-state index in [4.69, 9.17) is 0 Å². The van der Waals surface area contributed by atoms with Crippen LogP contribution in [-0.4, -0.2) is 28.0 Å². The zero-order chi connectivity index (χ0) is 16.9. The number of benzene rings is 1. The summed E-state index contributed by atoms with van der Waals surface area (Å²) in [6, 6.07) is 6.88. The van der Waals surface area contributed by atoms with Crippen LogP contribution in [0.1, 0.15) is 44.1 Å². The first-order valence-electron chi connectivity index (χ1n) is 8.70. The zero-order valence-electron chi connectivity index (χ0n) is 13.8. The van der Waals surface area contributed by atoms with Crippen LogP contribution in [0.4, 0.5) is 0 Å². The van der Waals surface area contributed by atoms with Gasteiger partial charge >= 0.3 is 5.97 Å². The fourth-order valence-electron chi connectivity index (χ4n) is 3.62. The lowest BCUT2D eigenvalue weighted by Gasteiger charge is -2.15. The summed E-state index contributed by atoms with van der Waals surface area (Å²) >= 11 is 0. The molecule has 1 aliphatic carbocycles. The van der Waals surface area contributed by atoms with E-state index in [1.165, 1.54) is 25.7 Å². The van der Waals surface area contributed by atoms with Crippen LogP contribution >= 0.6 is 0 Å². The first-order valence-corrected chi connectivity index (χ1v) is 8.70. The van der Waals surface area contributed by atoms with E-state index in [2.05, 4.69) is 10.3 Å². The molecule has 3 rings (SSSR count). The van der Waals surface area contributed by atoms with Gasteiger partial charge in [0.1, 0.15) is 6.04 Å². The number of carbonyl (C=O) groups excluding carboxylic acids is 1. The van der Waals surface area contributed by atoms with Gasteiger partial charge in [0.25, 0.3) is 0 Å². The highest BCUT2D eigenvalue weighted by molar-refractivity contribution is 5.86. The first kappa shape index (κ1) is 16.6. The van der Waals surface area contributed by atoms with E-state index in [-0.39, 0.29) is 12.3 Å². The van der Waals surface area contributed by atoms with E-state index >= 15 is 0 Å². The minimum absolute atomic E-state index is 0.158. The average molecular weight is 328 g/mol. The van der Waals surface area contributed by atoms with Crippen LogP contribution < -0.4 is 5.32 Å². The molecule has 1 saturated carbocycles. The molecule has 5 nitrogen and oxygen atoms in total. The van der Waals surface area contributed by atoms with E-state index < -0.39 is 12.0 Å². The Morgan fingerprint density at radius 2 is 2.00 bits per heavy atom. The number of carbonyl (C=O) groups is 2. The maximum Gasteiger partial charge on any atom is 0.326 e. The summed E-state index contributed by atoms with van der Waals surface area (Å²) in [4.78, 5) is 26.8. The summed E-state index contributed by atoms with van der Waals surface area (Å²) < 4.78 is 0. The molecular formula is C19H24N2O3. The van der Waals surface area contributed by atoms with Crippen molar-refractivity contribution in [3.8, 4) is 0 Å². The number of carboxylic acid groups (broad SMARTS) is 1. The predicted octanol–water partition coefficient (Wildman–Crippen LogP) is 3.25. The summed E-state index contributed by atoms with van der Waals surface area (Å²) in [6.07, 6.45) is 8.30. The number of nitrogens with one attached hydrogen (secondary N) is 2. The highest BCUT2D eigenvalue weighted by Gasteiger charge is 2.23. The van der Waals surface area contributed by atoms with E-state index in [1.54, 1.807) is 0 Å². The summed E-state index contributed by atoms with van der Waals surface area (Å²) in [5, 5.41) is 13.1. The van der Waals surface area contributed by atoms with Crippen molar-refractivity contribution < 1.29 is 14.7 Å². The van der Waals surface area contributed by atoms with Crippen LogP contribution in [0.2, 0.25) is 0 Å². The Kier molecular flexibility index (Phi) is 5.18. The monoisotopic (exact) mass is 328 g/mol. The molecule has 24 heavy (non-hydrogen) atoms. The SMILES string of the molecule is O=C(CCC1CCCC1)NC(Cc1c[nH]c2ccccc12)C(=O)O. The van der Waals surface area contributed by atoms with E-state index in [0.717, 1.165) is 22.9 Å². The summed E-state index contributed by atoms with van der Waals surface area (Å²) in [7, 11) is 0. The normalized spacial score (nSPS) is 16.3. The van der Waals surface area contributed by atoms with Gasteiger partial charge in [-0.05, 0) is 24.0 Å². The Bertz CT molecular complexity index is 716.